The van der Waals surface area contributed by atoms with Crippen molar-refractivity contribution in [1.82, 2.24) is 0 Å². The molecule has 1 heterocycles. The average molecular weight is 378 g/mol. The Balaban J connectivity index is 2.07. The molecule has 3 rings (SSSR count). The van der Waals surface area contributed by atoms with E-state index in [0.29, 0.717) is 12.1 Å². The lowest BCUT2D eigenvalue weighted by Crippen LogP contribution is -2.24. The third-order valence-corrected chi connectivity index (χ3v) is 6.08. The molecule has 9 heteroatoms. The van der Waals surface area contributed by atoms with Gasteiger partial charge in [-0.1, -0.05) is 0 Å². The van der Waals surface area contributed by atoms with Gasteiger partial charge >= 0.3 is 6.18 Å². The molecule has 1 aliphatic heterocycles. The van der Waals surface area contributed by atoms with Gasteiger partial charge in [0, 0.05) is 6.42 Å². The number of rotatable bonds is 2. The van der Waals surface area contributed by atoms with Crippen molar-refractivity contribution in [3.63, 3.8) is 0 Å². The summed E-state index contributed by atoms with van der Waals surface area (Å²) in [4.78, 5) is -0.401. The maximum Gasteiger partial charge on any atom is 0.416 e. The summed E-state index contributed by atoms with van der Waals surface area (Å²) < 4.78 is 96.2. The van der Waals surface area contributed by atoms with Crippen LogP contribution >= 0.6 is 0 Å². The third-order valence-electron chi connectivity index (χ3n) is 3.93. The minimum absolute atomic E-state index is 0.142. The van der Waals surface area contributed by atoms with E-state index < -0.39 is 54.7 Å². The van der Waals surface area contributed by atoms with Gasteiger partial charge in [-0.05, 0) is 36.4 Å². The average Bonchev–Trinajstić information content (AvgIpc) is 2.57. The molecule has 1 atom stereocenters. The molecular weight excluding hydrogens is 367 g/mol. The zero-order chi connectivity index (χ0) is 18.4. The molecule has 2 aromatic carbocycles. The molecule has 2 aromatic rings. The molecule has 25 heavy (non-hydrogen) atoms. The summed E-state index contributed by atoms with van der Waals surface area (Å²) >= 11 is 0. The molecule has 0 saturated carbocycles. The van der Waals surface area contributed by atoms with Crippen molar-refractivity contribution in [1.29, 1.82) is 0 Å². The second kappa shape index (κ2) is 5.98. The van der Waals surface area contributed by atoms with Crippen LogP contribution in [0.25, 0.3) is 0 Å². The zero-order valence-corrected chi connectivity index (χ0v) is 13.3. The molecule has 0 N–H and O–H groups in total. The fourth-order valence-corrected chi connectivity index (χ4v) is 4.50. The number of alkyl halides is 3. The van der Waals surface area contributed by atoms with E-state index in [2.05, 4.69) is 0 Å². The highest BCUT2D eigenvalue weighted by Crippen LogP contribution is 2.43. The quantitative estimate of drug-likeness (QED) is 0.733. The van der Waals surface area contributed by atoms with Crippen LogP contribution in [0.1, 0.15) is 22.8 Å². The third kappa shape index (κ3) is 3.08. The highest BCUT2D eigenvalue weighted by atomic mass is 32.2. The van der Waals surface area contributed by atoms with E-state index >= 15 is 0 Å². The van der Waals surface area contributed by atoms with Gasteiger partial charge in [-0.2, -0.15) is 13.2 Å². The second-order valence-corrected chi connectivity index (χ2v) is 7.60. The maximum atomic E-state index is 14.1. The number of ether oxygens (including phenoxy) is 1. The predicted molar refractivity (Wildman–Crippen MR) is 77.8 cm³/mol. The van der Waals surface area contributed by atoms with Crippen molar-refractivity contribution >= 4 is 9.84 Å². The van der Waals surface area contributed by atoms with Crippen molar-refractivity contribution < 1.29 is 35.1 Å². The standard InChI is InChI=1S/C16H11F5O3S/c17-11-5-6-12(18)15-14(11)13(7-8-24-15)25(22,23)10-3-1-9(2-4-10)16(19,20)21/h1-6,13H,7-8H2. The molecule has 1 unspecified atom stereocenters. The second-order valence-electron chi connectivity index (χ2n) is 5.46. The van der Waals surface area contributed by atoms with E-state index in [4.69, 9.17) is 4.74 Å². The van der Waals surface area contributed by atoms with Gasteiger partial charge in [0.25, 0.3) is 0 Å². The first kappa shape index (κ1) is 17.7. The molecule has 0 spiro atoms. The van der Waals surface area contributed by atoms with Gasteiger partial charge in [-0.15, -0.1) is 0 Å². The highest BCUT2D eigenvalue weighted by Gasteiger charge is 2.38. The number of benzene rings is 2. The van der Waals surface area contributed by atoms with Crippen LogP contribution in [0.15, 0.2) is 41.3 Å². The maximum absolute atomic E-state index is 14.1. The summed E-state index contributed by atoms with van der Waals surface area (Å²) in [5, 5.41) is -1.44. The summed E-state index contributed by atoms with van der Waals surface area (Å²) in [5.74, 6) is -2.33. The lowest BCUT2D eigenvalue weighted by atomic mass is 10.0. The first-order valence-electron chi connectivity index (χ1n) is 7.14. The summed E-state index contributed by atoms with van der Waals surface area (Å²) in [7, 11) is -4.23. The van der Waals surface area contributed by atoms with Crippen LogP contribution in [-0.2, 0) is 16.0 Å². The van der Waals surface area contributed by atoms with Crippen molar-refractivity contribution in [3.05, 3.63) is 59.2 Å². The van der Waals surface area contributed by atoms with Gasteiger partial charge in [0.1, 0.15) is 11.1 Å². The summed E-state index contributed by atoms with van der Waals surface area (Å²) in [6, 6.07) is 4.50. The lowest BCUT2D eigenvalue weighted by molar-refractivity contribution is -0.137. The van der Waals surface area contributed by atoms with E-state index in [-0.39, 0.29) is 13.0 Å². The number of sulfone groups is 1. The van der Waals surface area contributed by atoms with Gasteiger partial charge in [0.05, 0.1) is 22.6 Å². The van der Waals surface area contributed by atoms with E-state index in [9.17, 15) is 30.4 Å². The Bertz CT molecular complexity index is 905. The Morgan fingerprint density at radius 2 is 1.56 bits per heavy atom. The smallest absolute Gasteiger partial charge is 0.416 e. The van der Waals surface area contributed by atoms with Crippen LogP contribution in [0.5, 0.6) is 5.75 Å². The SMILES string of the molecule is O=S(=O)(c1ccc(C(F)(F)F)cc1)C1CCOc2c(F)ccc(F)c21. The van der Waals surface area contributed by atoms with Crippen LogP contribution in [0, 0.1) is 11.6 Å². The molecule has 0 fully saturated rings. The number of halogens is 5. The zero-order valence-electron chi connectivity index (χ0n) is 12.5. The van der Waals surface area contributed by atoms with Gasteiger partial charge in [-0.25, -0.2) is 17.2 Å². The largest absolute Gasteiger partial charge is 0.490 e. The van der Waals surface area contributed by atoms with Crippen LogP contribution in [0.2, 0.25) is 0 Å². The number of fused-ring (bicyclic) bond motifs is 1. The van der Waals surface area contributed by atoms with E-state index in [1.807, 2.05) is 0 Å². The Morgan fingerprint density at radius 3 is 2.16 bits per heavy atom. The minimum atomic E-state index is -4.61. The summed E-state index contributed by atoms with van der Waals surface area (Å²) in [6.45, 7) is -0.155. The Morgan fingerprint density at radius 1 is 0.960 bits per heavy atom. The van der Waals surface area contributed by atoms with Crippen molar-refractivity contribution in [2.24, 2.45) is 0 Å². The molecule has 0 bridgehead atoms. The fourth-order valence-electron chi connectivity index (χ4n) is 2.72. The first-order valence-corrected chi connectivity index (χ1v) is 8.69. The first-order chi connectivity index (χ1) is 11.6. The van der Waals surface area contributed by atoms with Crippen LogP contribution in [0.3, 0.4) is 0 Å². The normalized spacial score (nSPS) is 17.7. The van der Waals surface area contributed by atoms with Gasteiger partial charge in [0.15, 0.2) is 21.4 Å². The van der Waals surface area contributed by atoms with Crippen LogP contribution < -0.4 is 4.74 Å². The molecular formula is C16H11F5O3S. The topological polar surface area (TPSA) is 43.4 Å². The molecule has 134 valence electrons. The van der Waals surface area contributed by atoms with Gasteiger partial charge < -0.3 is 4.74 Å². The van der Waals surface area contributed by atoms with Gasteiger partial charge in [-0.3, -0.25) is 0 Å². The fraction of sp³-hybridized carbons (Fsp3) is 0.250. The summed E-state index contributed by atoms with van der Waals surface area (Å²) in [5.41, 5.74) is -1.44. The molecule has 0 amide bonds. The molecule has 0 aliphatic carbocycles. The van der Waals surface area contributed by atoms with Crippen LogP contribution in [0.4, 0.5) is 22.0 Å². The molecule has 0 aromatic heterocycles. The minimum Gasteiger partial charge on any atom is -0.490 e. The lowest BCUT2D eigenvalue weighted by Gasteiger charge is -2.26. The predicted octanol–water partition coefficient (Wildman–Crippen LogP) is 4.28. The number of hydrogen-bond acceptors (Lipinski definition) is 3. The molecule has 3 nitrogen and oxygen atoms in total. The van der Waals surface area contributed by atoms with Crippen molar-refractivity contribution in [2.75, 3.05) is 6.61 Å². The Labute approximate surface area is 140 Å². The Hall–Kier alpha value is -2.16. The molecule has 0 saturated heterocycles. The van der Waals surface area contributed by atoms with E-state index in [1.54, 1.807) is 0 Å². The molecule has 0 radical (unpaired) electrons. The van der Waals surface area contributed by atoms with E-state index in [0.717, 1.165) is 24.3 Å². The van der Waals surface area contributed by atoms with Crippen LogP contribution in [-0.4, -0.2) is 15.0 Å². The molecule has 1 aliphatic rings. The van der Waals surface area contributed by atoms with Gasteiger partial charge in [0.2, 0.25) is 0 Å². The number of hydrogen-bond donors (Lipinski definition) is 0. The Kier molecular flexibility index (Phi) is 4.22. The van der Waals surface area contributed by atoms with Crippen molar-refractivity contribution in [2.45, 2.75) is 22.7 Å². The highest BCUT2D eigenvalue weighted by molar-refractivity contribution is 7.91. The van der Waals surface area contributed by atoms with Crippen molar-refractivity contribution in [3.8, 4) is 5.75 Å². The monoisotopic (exact) mass is 378 g/mol. The summed E-state index contributed by atoms with van der Waals surface area (Å²) in [6.07, 6.45) is -4.75. The van der Waals surface area contributed by atoms with E-state index in [1.165, 1.54) is 0 Å².